The normalized spacial score (nSPS) is 15.4. The van der Waals surface area contributed by atoms with E-state index in [1.165, 1.54) is 6.20 Å². The van der Waals surface area contributed by atoms with Gasteiger partial charge in [-0.25, -0.2) is 9.97 Å². The van der Waals surface area contributed by atoms with E-state index in [-0.39, 0.29) is 6.04 Å². The number of benzene rings is 1. The van der Waals surface area contributed by atoms with Gasteiger partial charge in [0.1, 0.15) is 6.54 Å². The number of aromatic nitrogens is 2. The third-order valence-corrected chi connectivity index (χ3v) is 5.18. The number of rotatable bonds is 6. The minimum Gasteiger partial charge on any atom is -0.341 e. The number of nitrogens with zero attached hydrogens (tertiary/aromatic N) is 6. The summed E-state index contributed by atoms with van der Waals surface area (Å²) in [4.78, 5) is 11.3. The number of nitriles is 1. The van der Waals surface area contributed by atoms with Crippen molar-refractivity contribution in [1.29, 1.82) is 5.26 Å². The first-order valence-electron chi connectivity index (χ1n) is 10.1. The van der Waals surface area contributed by atoms with Crippen molar-refractivity contribution in [3.05, 3.63) is 47.8 Å². The predicted octanol–water partition coefficient (Wildman–Crippen LogP) is 3.78. The number of hydrogen-bond donors (Lipinski definition) is 1. The first kappa shape index (κ1) is 23.2. The van der Waals surface area contributed by atoms with Gasteiger partial charge in [-0.1, -0.05) is 12.1 Å². The number of hydrogen-bond acceptors (Lipinski definition) is 7. The van der Waals surface area contributed by atoms with Crippen LogP contribution in [0.1, 0.15) is 30.9 Å². The summed E-state index contributed by atoms with van der Waals surface area (Å²) >= 11 is 0. The molecule has 0 radical (unpaired) electrons. The molecule has 1 aliphatic rings. The Labute approximate surface area is 184 Å². The van der Waals surface area contributed by atoms with Crippen LogP contribution in [0.15, 0.2) is 41.8 Å². The summed E-state index contributed by atoms with van der Waals surface area (Å²) in [5.74, 6) is 0.529. The SMILES string of the molecule is C=NN(/C=C(\C)c1cnc(N2CCC(N)CC2)nc1-c1ccc(C#N)cc1)CC(F)(F)F. The maximum atomic E-state index is 12.8. The van der Waals surface area contributed by atoms with Gasteiger partial charge >= 0.3 is 6.18 Å². The van der Waals surface area contributed by atoms with E-state index in [4.69, 9.17) is 16.0 Å². The molecule has 0 amide bonds. The molecule has 168 valence electrons. The average Bonchev–Trinajstić information content (AvgIpc) is 2.78. The van der Waals surface area contributed by atoms with Crippen molar-refractivity contribution in [2.45, 2.75) is 32.0 Å². The molecule has 0 aliphatic carbocycles. The Kier molecular flexibility index (Phi) is 7.10. The summed E-state index contributed by atoms with van der Waals surface area (Å²) < 4.78 is 38.5. The van der Waals surface area contributed by atoms with Crippen molar-refractivity contribution >= 4 is 18.2 Å². The van der Waals surface area contributed by atoms with Crippen LogP contribution >= 0.6 is 0 Å². The lowest BCUT2D eigenvalue weighted by Gasteiger charge is -2.30. The smallest absolute Gasteiger partial charge is 0.341 e. The van der Waals surface area contributed by atoms with Gasteiger partial charge in [0.15, 0.2) is 0 Å². The van der Waals surface area contributed by atoms with Crippen LogP contribution in [0.2, 0.25) is 0 Å². The molecule has 1 saturated heterocycles. The highest BCUT2D eigenvalue weighted by Gasteiger charge is 2.30. The fraction of sp³-hybridized carbons (Fsp3) is 0.364. The lowest BCUT2D eigenvalue weighted by Crippen LogP contribution is -2.40. The molecule has 0 atom stereocenters. The second kappa shape index (κ2) is 9.78. The molecule has 3 rings (SSSR count). The summed E-state index contributed by atoms with van der Waals surface area (Å²) in [5.41, 5.74) is 8.81. The van der Waals surface area contributed by atoms with Gasteiger partial charge < -0.3 is 10.6 Å². The van der Waals surface area contributed by atoms with Gasteiger partial charge in [-0.3, -0.25) is 5.01 Å². The molecule has 32 heavy (non-hydrogen) atoms. The van der Waals surface area contributed by atoms with Crippen LogP contribution in [0.25, 0.3) is 16.8 Å². The molecule has 2 aromatic rings. The van der Waals surface area contributed by atoms with Crippen LogP contribution in [0.5, 0.6) is 0 Å². The van der Waals surface area contributed by atoms with Crippen molar-refractivity contribution in [2.24, 2.45) is 10.8 Å². The first-order chi connectivity index (χ1) is 15.2. The van der Waals surface area contributed by atoms with Crippen molar-refractivity contribution in [1.82, 2.24) is 15.0 Å². The molecule has 7 nitrogen and oxygen atoms in total. The molecule has 2 heterocycles. The van der Waals surface area contributed by atoms with Crippen LogP contribution in [-0.2, 0) is 0 Å². The Morgan fingerprint density at radius 1 is 1.34 bits per heavy atom. The second-order valence-electron chi connectivity index (χ2n) is 7.61. The van der Waals surface area contributed by atoms with Gasteiger partial charge in [-0.2, -0.15) is 23.5 Å². The predicted molar refractivity (Wildman–Crippen MR) is 118 cm³/mol. The Morgan fingerprint density at radius 2 is 2.00 bits per heavy atom. The number of allylic oxidation sites excluding steroid dienone is 1. The maximum Gasteiger partial charge on any atom is 0.408 e. The van der Waals surface area contributed by atoms with Crippen LogP contribution in [0.3, 0.4) is 0 Å². The number of nitrogens with two attached hydrogens (primary N) is 1. The van der Waals surface area contributed by atoms with E-state index in [1.807, 2.05) is 4.90 Å². The molecule has 0 unspecified atom stereocenters. The van der Waals surface area contributed by atoms with E-state index < -0.39 is 12.7 Å². The number of piperidine rings is 1. The van der Waals surface area contributed by atoms with Gasteiger partial charge in [-0.05, 0) is 37.5 Å². The number of anilines is 1. The summed E-state index contributed by atoms with van der Waals surface area (Å²) in [5, 5.41) is 13.3. The quantitative estimate of drug-likeness (QED) is 0.539. The summed E-state index contributed by atoms with van der Waals surface area (Å²) in [6, 6.07) is 9.07. The molecule has 1 fully saturated rings. The first-order valence-corrected chi connectivity index (χ1v) is 10.1. The molecule has 2 N–H and O–H groups in total. The van der Waals surface area contributed by atoms with E-state index in [1.54, 1.807) is 37.4 Å². The van der Waals surface area contributed by atoms with E-state index in [0.29, 0.717) is 28.3 Å². The minimum absolute atomic E-state index is 0.153. The zero-order valence-corrected chi connectivity index (χ0v) is 17.7. The number of alkyl halides is 3. The molecule has 1 aliphatic heterocycles. The minimum atomic E-state index is -4.43. The van der Waals surface area contributed by atoms with Gasteiger partial charge in [0.05, 0.1) is 17.3 Å². The summed E-state index contributed by atoms with van der Waals surface area (Å²) in [6.45, 7) is 5.08. The molecular weight excluding hydrogens is 419 g/mol. The summed E-state index contributed by atoms with van der Waals surface area (Å²) in [7, 11) is 0. The topological polar surface area (TPSA) is 94.4 Å². The van der Waals surface area contributed by atoms with Gasteiger partial charge in [-0.15, -0.1) is 0 Å². The molecule has 10 heteroatoms. The molecule has 1 aromatic heterocycles. The molecule has 1 aromatic carbocycles. The number of halogens is 3. The summed E-state index contributed by atoms with van der Waals surface area (Å²) in [6.07, 6.45) is 0.0989. The van der Waals surface area contributed by atoms with Crippen molar-refractivity contribution < 1.29 is 13.2 Å². The standard InChI is InChI=1S/C22H24F3N7/c1-15(13-32(28-2)14-22(23,24)25)19-12-29-21(31-9-7-18(27)8-10-31)30-20(19)17-5-3-16(11-26)4-6-17/h3-6,12-13,18H,2,7-10,14,27H2,1H3/b15-13+. The van der Waals surface area contributed by atoms with Crippen molar-refractivity contribution in [3.63, 3.8) is 0 Å². The molecule has 0 spiro atoms. The van der Waals surface area contributed by atoms with Crippen LogP contribution in [0, 0.1) is 11.3 Å². The van der Waals surface area contributed by atoms with E-state index in [2.05, 4.69) is 22.9 Å². The van der Waals surface area contributed by atoms with E-state index in [0.717, 1.165) is 36.5 Å². The fourth-order valence-corrected chi connectivity index (χ4v) is 3.45. The second-order valence-corrected chi connectivity index (χ2v) is 7.61. The third kappa shape index (κ3) is 5.82. The third-order valence-electron chi connectivity index (χ3n) is 5.18. The largest absolute Gasteiger partial charge is 0.408 e. The number of hydrazone groups is 1. The van der Waals surface area contributed by atoms with Crippen molar-refractivity contribution in [3.8, 4) is 17.3 Å². The van der Waals surface area contributed by atoms with E-state index in [9.17, 15) is 13.2 Å². The van der Waals surface area contributed by atoms with Crippen LogP contribution < -0.4 is 10.6 Å². The van der Waals surface area contributed by atoms with Crippen LogP contribution in [0.4, 0.5) is 19.1 Å². The Morgan fingerprint density at radius 3 is 2.56 bits per heavy atom. The molecule has 0 bridgehead atoms. The molecular formula is C22H24F3N7. The van der Waals surface area contributed by atoms with Crippen molar-refractivity contribution in [2.75, 3.05) is 24.5 Å². The van der Waals surface area contributed by atoms with Gasteiger partial charge in [0.25, 0.3) is 0 Å². The highest BCUT2D eigenvalue weighted by molar-refractivity contribution is 5.78. The Hall–Kier alpha value is -3.45. The Balaban J connectivity index is 2.03. The van der Waals surface area contributed by atoms with Gasteiger partial charge in [0, 0.05) is 49.4 Å². The van der Waals surface area contributed by atoms with E-state index >= 15 is 0 Å². The molecule has 0 saturated carbocycles. The highest BCUT2D eigenvalue weighted by Crippen LogP contribution is 2.30. The maximum absolute atomic E-state index is 12.8. The van der Waals surface area contributed by atoms with Crippen LogP contribution in [-0.4, -0.2) is 53.5 Å². The fourth-order valence-electron chi connectivity index (χ4n) is 3.45. The lowest BCUT2D eigenvalue weighted by molar-refractivity contribution is -0.140. The zero-order chi connectivity index (χ0) is 23.3. The monoisotopic (exact) mass is 443 g/mol. The Bertz CT molecular complexity index is 1020. The van der Waals surface area contributed by atoms with Gasteiger partial charge in [0.2, 0.25) is 5.95 Å². The average molecular weight is 443 g/mol. The highest BCUT2D eigenvalue weighted by atomic mass is 19.4. The lowest BCUT2D eigenvalue weighted by atomic mass is 10.0. The zero-order valence-electron chi connectivity index (χ0n) is 17.7.